The fourth-order valence-corrected chi connectivity index (χ4v) is 2.99. The van der Waals surface area contributed by atoms with E-state index in [1.54, 1.807) is 18.2 Å². The number of benzene rings is 3. The van der Waals surface area contributed by atoms with Crippen molar-refractivity contribution in [1.29, 1.82) is 0 Å². The second-order valence-electron chi connectivity index (χ2n) is 7.09. The Morgan fingerprint density at radius 3 is 1.85 bits per heavy atom. The number of hydrogen-bond acceptors (Lipinski definition) is 5. The number of aliphatic carboxylic acids is 1. The van der Waals surface area contributed by atoms with Crippen molar-refractivity contribution < 1.29 is 28.9 Å². The molecule has 0 bridgehead atoms. The van der Waals surface area contributed by atoms with Gasteiger partial charge in [0.05, 0.1) is 0 Å². The molecule has 0 aliphatic carbocycles. The maximum Gasteiger partial charge on any atom is 0.408 e. The van der Waals surface area contributed by atoms with E-state index in [-0.39, 0.29) is 25.4 Å². The highest BCUT2D eigenvalue weighted by atomic mass is 16.5. The molecule has 3 aromatic rings. The first-order valence-corrected chi connectivity index (χ1v) is 10.3. The molecule has 0 fully saturated rings. The van der Waals surface area contributed by atoms with Crippen LogP contribution in [0.3, 0.4) is 0 Å². The number of carbonyl (C=O) groups is 2. The first-order valence-electron chi connectivity index (χ1n) is 10.3. The number of amides is 1. The Bertz CT molecular complexity index is 1010. The van der Waals surface area contributed by atoms with Crippen LogP contribution in [0.15, 0.2) is 91.5 Å². The molecule has 7 heteroatoms. The van der Waals surface area contributed by atoms with Crippen molar-refractivity contribution in [2.24, 2.45) is 0 Å². The molecule has 7 nitrogen and oxygen atoms in total. The molecule has 33 heavy (non-hydrogen) atoms. The Labute approximate surface area is 192 Å². The molecule has 170 valence electrons. The van der Waals surface area contributed by atoms with E-state index in [1.807, 2.05) is 60.7 Å². The summed E-state index contributed by atoms with van der Waals surface area (Å²) in [5.41, 5.74) is 2.19. The molecule has 2 N–H and O–H groups in total. The molecular weight excluding hydrogens is 422 g/mol. The predicted octanol–water partition coefficient (Wildman–Crippen LogP) is 4.88. The number of alkyl carbamates (subject to hydrolysis) is 1. The van der Waals surface area contributed by atoms with Crippen LogP contribution < -0.4 is 14.8 Å². The highest BCUT2D eigenvalue weighted by Gasteiger charge is 2.24. The van der Waals surface area contributed by atoms with Crippen molar-refractivity contribution in [3.05, 3.63) is 108 Å². The van der Waals surface area contributed by atoms with Gasteiger partial charge in [-0.05, 0) is 28.8 Å². The van der Waals surface area contributed by atoms with Crippen LogP contribution in [0.2, 0.25) is 0 Å². The Morgan fingerprint density at radius 1 is 0.879 bits per heavy atom. The highest BCUT2D eigenvalue weighted by Crippen LogP contribution is 2.28. The van der Waals surface area contributed by atoms with Gasteiger partial charge in [0.15, 0.2) is 6.04 Å². The van der Waals surface area contributed by atoms with Gasteiger partial charge in [0, 0.05) is 6.07 Å². The summed E-state index contributed by atoms with van der Waals surface area (Å²) in [5.74, 6) is -0.432. The topological polar surface area (TPSA) is 94.1 Å². The van der Waals surface area contributed by atoms with Crippen LogP contribution in [0.4, 0.5) is 4.79 Å². The quantitative estimate of drug-likeness (QED) is 0.407. The molecule has 0 saturated heterocycles. The summed E-state index contributed by atoms with van der Waals surface area (Å²) in [6.07, 6.45) is 0.521. The number of ether oxygens (including phenoxy) is 3. The summed E-state index contributed by atoms with van der Waals surface area (Å²) < 4.78 is 16.7. The molecule has 0 saturated carbocycles. The van der Waals surface area contributed by atoms with Crippen molar-refractivity contribution in [2.45, 2.75) is 19.3 Å². The van der Waals surface area contributed by atoms with Crippen LogP contribution in [0.25, 0.3) is 0 Å². The lowest BCUT2D eigenvalue weighted by molar-refractivity contribution is -0.139. The van der Waals surface area contributed by atoms with E-state index in [4.69, 9.17) is 14.2 Å². The SMILES string of the molecule is C=CCOC(=O)N[C@H](C(=O)O)c1cc(OCc2ccccc2)cc(OCc2ccccc2)c1. The van der Waals surface area contributed by atoms with Gasteiger partial charge in [-0.25, -0.2) is 9.59 Å². The highest BCUT2D eigenvalue weighted by molar-refractivity contribution is 5.81. The predicted molar refractivity (Wildman–Crippen MR) is 123 cm³/mol. The standard InChI is InChI=1S/C26H25NO6/c1-2-13-31-26(30)27-24(25(28)29)21-14-22(32-17-19-9-5-3-6-10-19)16-23(15-21)33-18-20-11-7-4-8-12-20/h2-12,14-16,24H,1,13,17-18H2,(H,27,30)(H,28,29)/t24-/m0/s1. The van der Waals surface area contributed by atoms with E-state index in [0.717, 1.165) is 11.1 Å². The zero-order valence-electron chi connectivity index (χ0n) is 18.0. The van der Waals surface area contributed by atoms with Gasteiger partial charge in [-0.2, -0.15) is 0 Å². The normalized spacial score (nSPS) is 11.2. The monoisotopic (exact) mass is 447 g/mol. The van der Waals surface area contributed by atoms with Crippen LogP contribution in [-0.2, 0) is 22.7 Å². The zero-order chi connectivity index (χ0) is 23.5. The largest absolute Gasteiger partial charge is 0.489 e. The molecular formula is C26H25NO6. The van der Waals surface area contributed by atoms with Gasteiger partial charge >= 0.3 is 12.1 Å². The van der Waals surface area contributed by atoms with Gasteiger partial charge in [-0.1, -0.05) is 73.3 Å². The van der Waals surface area contributed by atoms with Crippen LogP contribution >= 0.6 is 0 Å². The molecule has 3 aromatic carbocycles. The first-order chi connectivity index (χ1) is 16.0. The van der Waals surface area contributed by atoms with Crippen molar-refractivity contribution in [2.75, 3.05) is 6.61 Å². The molecule has 3 rings (SSSR count). The zero-order valence-corrected chi connectivity index (χ0v) is 18.0. The van der Waals surface area contributed by atoms with Gasteiger partial charge in [0.25, 0.3) is 0 Å². The summed E-state index contributed by atoms with van der Waals surface area (Å²) in [7, 11) is 0. The molecule has 0 spiro atoms. The molecule has 0 radical (unpaired) electrons. The molecule has 0 aromatic heterocycles. The summed E-state index contributed by atoms with van der Waals surface area (Å²) in [4.78, 5) is 23.9. The van der Waals surface area contributed by atoms with Crippen molar-refractivity contribution in [3.8, 4) is 11.5 Å². The van der Waals surface area contributed by atoms with Gasteiger partial charge < -0.3 is 24.6 Å². The summed E-state index contributed by atoms with van der Waals surface area (Å²) in [6, 6.07) is 22.6. The first kappa shape index (κ1) is 23.4. The average molecular weight is 447 g/mol. The average Bonchev–Trinajstić information content (AvgIpc) is 2.84. The van der Waals surface area contributed by atoms with E-state index >= 15 is 0 Å². The molecule has 0 aliphatic heterocycles. The second kappa shape index (κ2) is 12.0. The van der Waals surface area contributed by atoms with Crippen LogP contribution in [0.5, 0.6) is 11.5 Å². The molecule has 0 unspecified atom stereocenters. The summed E-state index contributed by atoms with van der Waals surface area (Å²) >= 11 is 0. The van der Waals surface area contributed by atoms with Crippen LogP contribution in [0, 0.1) is 0 Å². The molecule has 1 amide bonds. The number of nitrogens with one attached hydrogen (secondary N) is 1. The number of carboxylic acids is 1. The maximum atomic E-state index is 12.0. The van der Waals surface area contributed by atoms with E-state index in [2.05, 4.69) is 11.9 Å². The van der Waals surface area contributed by atoms with Crippen LogP contribution in [0.1, 0.15) is 22.7 Å². The van der Waals surface area contributed by atoms with Gasteiger partial charge in [-0.15, -0.1) is 0 Å². The third-order valence-electron chi connectivity index (χ3n) is 4.57. The van der Waals surface area contributed by atoms with Gasteiger partial charge in [0.1, 0.15) is 31.3 Å². The summed E-state index contributed by atoms with van der Waals surface area (Å²) in [5, 5.41) is 12.1. The molecule has 1 atom stereocenters. The lowest BCUT2D eigenvalue weighted by Gasteiger charge is -2.18. The molecule has 0 heterocycles. The lowest BCUT2D eigenvalue weighted by atomic mass is 10.1. The van der Waals surface area contributed by atoms with Gasteiger partial charge in [0.2, 0.25) is 0 Å². The smallest absolute Gasteiger partial charge is 0.408 e. The third kappa shape index (κ3) is 7.43. The van der Waals surface area contributed by atoms with E-state index < -0.39 is 18.1 Å². The number of hydrogen-bond donors (Lipinski definition) is 2. The number of rotatable bonds is 11. The van der Waals surface area contributed by atoms with Crippen LogP contribution in [-0.4, -0.2) is 23.8 Å². The van der Waals surface area contributed by atoms with E-state index in [0.29, 0.717) is 11.5 Å². The Kier molecular flexibility index (Phi) is 8.48. The fourth-order valence-electron chi connectivity index (χ4n) is 2.99. The minimum Gasteiger partial charge on any atom is -0.489 e. The van der Waals surface area contributed by atoms with E-state index in [1.165, 1.54) is 6.08 Å². The van der Waals surface area contributed by atoms with Crippen molar-refractivity contribution >= 4 is 12.1 Å². The maximum absolute atomic E-state index is 12.0. The Morgan fingerprint density at radius 2 is 1.39 bits per heavy atom. The van der Waals surface area contributed by atoms with Crippen molar-refractivity contribution in [1.82, 2.24) is 5.32 Å². The summed E-state index contributed by atoms with van der Waals surface area (Å²) in [6.45, 7) is 4.00. The number of carboxylic acid groups (broad SMARTS) is 1. The lowest BCUT2D eigenvalue weighted by Crippen LogP contribution is -2.34. The van der Waals surface area contributed by atoms with E-state index in [9.17, 15) is 14.7 Å². The fraction of sp³-hybridized carbons (Fsp3) is 0.154. The van der Waals surface area contributed by atoms with Gasteiger partial charge in [-0.3, -0.25) is 0 Å². The molecule has 0 aliphatic rings. The third-order valence-corrected chi connectivity index (χ3v) is 4.57. The number of carbonyl (C=O) groups excluding carboxylic acids is 1. The minimum absolute atomic E-state index is 0.0379. The Balaban J connectivity index is 1.84. The van der Waals surface area contributed by atoms with Crippen molar-refractivity contribution in [3.63, 3.8) is 0 Å². The second-order valence-corrected chi connectivity index (χ2v) is 7.09. The minimum atomic E-state index is -1.36. The Hall–Kier alpha value is -4.26.